The normalized spacial score (nSPS) is 13.1. The summed E-state index contributed by atoms with van der Waals surface area (Å²) in [6, 6.07) is 12.7. The highest BCUT2D eigenvalue weighted by atomic mass is 35.5. The Morgan fingerprint density at radius 1 is 1.15 bits per heavy atom. The van der Waals surface area contributed by atoms with E-state index in [1.54, 1.807) is 31.2 Å². The highest BCUT2D eigenvalue weighted by Crippen LogP contribution is 2.38. The van der Waals surface area contributed by atoms with Gasteiger partial charge in [0.1, 0.15) is 5.75 Å². The number of benzene rings is 3. The molecule has 0 aliphatic carbocycles. The maximum Gasteiger partial charge on any atom is 0.284 e. The van der Waals surface area contributed by atoms with E-state index in [4.69, 9.17) is 21.1 Å². The molecule has 0 saturated heterocycles. The molecule has 0 atom stereocenters. The van der Waals surface area contributed by atoms with Gasteiger partial charge in [0.25, 0.3) is 15.7 Å². The predicted molar refractivity (Wildman–Crippen MR) is 131 cm³/mol. The van der Waals surface area contributed by atoms with Crippen molar-refractivity contribution in [1.82, 2.24) is 0 Å². The molecule has 0 spiro atoms. The number of hydrogen-bond donors (Lipinski definition) is 1. The minimum absolute atomic E-state index is 0.118. The summed E-state index contributed by atoms with van der Waals surface area (Å²) in [6.45, 7) is 4.18. The van der Waals surface area contributed by atoms with Crippen LogP contribution in [0.15, 0.2) is 58.3 Å². The first kappa shape index (κ1) is 24.3. The van der Waals surface area contributed by atoms with Gasteiger partial charge in [-0.2, -0.15) is 0 Å². The molecule has 0 radical (unpaired) electrons. The minimum atomic E-state index is -4.02. The number of rotatable bonds is 7. The highest BCUT2D eigenvalue weighted by Gasteiger charge is 2.23. The summed E-state index contributed by atoms with van der Waals surface area (Å²) in [5, 5.41) is 12.3. The van der Waals surface area contributed by atoms with Crippen molar-refractivity contribution in [2.75, 3.05) is 11.5 Å². The molecule has 11 heteroatoms. The van der Waals surface area contributed by atoms with Crippen LogP contribution in [0.5, 0.6) is 5.75 Å². The van der Waals surface area contributed by atoms with Crippen LogP contribution >= 0.6 is 23.4 Å². The quantitative estimate of drug-likeness (QED) is 0.237. The molecular formula is C23H21ClN2O6S2. The smallest absolute Gasteiger partial charge is 0.284 e. The number of thioether (sulfide) groups is 1. The molecule has 34 heavy (non-hydrogen) atoms. The first-order valence-corrected chi connectivity index (χ1v) is 13.0. The van der Waals surface area contributed by atoms with E-state index in [1.807, 2.05) is 13.0 Å². The van der Waals surface area contributed by atoms with Crippen LogP contribution in [0.4, 0.5) is 11.4 Å². The topological polar surface area (TPSA) is 108 Å². The van der Waals surface area contributed by atoms with Gasteiger partial charge in [0.15, 0.2) is 6.79 Å². The van der Waals surface area contributed by atoms with Crippen LogP contribution in [-0.4, -0.2) is 20.1 Å². The molecule has 0 bridgehead atoms. The van der Waals surface area contributed by atoms with Crippen LogP contribution in [0.2, 0.25) is 5.02 Å². The third-order valence-electron chi connectivity index (χ3n) is 5.20. The van der Waals surface area contributed by atoms with E-state index >= 15 is 0 Å². The molecule has 1 aliphatic heterocycles. The molecular weight excluding hydrogens is 500 g/mol. The van der Waals surface area contributed by atoms with E-state index in [0.717, 1.165) is 28.3 Å². The Morgan fingerprint density at radius 2 is 1.94 bits per heavy atom. The number of nitrogens with zero attached hydrogens (tertiary/aromatic N) is 1. The second-order valence-corrected chi connectivity index (χ2v) is 10.9. The lowest BCUT2D eigenvalue weighted by Crippen LogP contribution is -2.14. The van der Waals surface area contributed by atoms with Gasteiger partial charge in [-0.25, -0.2) is 8.42 Å². The van der Waals surface area contributed by atoms with Crippen LogP contribution < -0.4 is 9.46 Å². The van der Waals surface area contributed by atoms with Crippen LogP contribution in [0.25, 0.3) is 0 Å². The number of ether oxygens (including phenoxy) is 2. The van der Waals surface area contributed by atoms with Crippen molar-refractivity contribution in [2.24, 2.45) is 0 Å². The summed E-state index contributed by atoms with van der Waals surface area (Å²) >= 11 is 7.40. The zero-order chi connectivity index (χ0) is 24.5. The summed E-state index contributed by atoms with van der Waals surface area (Å²) in [5.74, 6) is 0.999. The zero-order valence-corrected chi connectivity index (χ0v) is 20.7. The van der Waals surface area contributed by atoms with E-state index in [9.17, 15) is 18.5 Å². The average Bonchev–Trinajstić information content (AvgIpc) is 2.79. The van der Waals surface area contributed by atoms with Crippen molar-refractivity contribution in [1.29, 1.82) is 0 Å². The first-order chi connectivity index (χ1) is 16.1. The Hall–Kier alpha value is -2.79. The fourth-order valence-corrected chi connectivity index (χ4v) is 5.97. The zero-order valence-electron chi connectivity index (χ0n) is 18.3. The van der Waals surface area contributed by atoms with Crippen molar-refractivity contribution in [3.05, 3.63) is 85.9 Å². The number of anilines is 1. The molecule has 0 fully saturated rings. The molecule has 0 saturated carbocycles. The Morgan fingerprint density at radius 3 is 2.68 bits per heavy atom. The molecule has 178 valence electrons. The third kappa shape index (κ3) is 5.30. The van der Waals surface area contributed by atoms with Crippen molar-refractivity contribution >= 4 is 44.8 Å². The Balaban J connectivity index is 1.60. The number of hydrogen-bond acceptors (Lipinski definition) is 7. The van der Waals surface area contributed by atoms with Gasteiger partial charge in [-0.05, 0) is 49.7 Å². The number of nitrogens with one attached hydrogen (secondary N) is 1. The van der Waals surface area contributed by atoms with Gasteiger partial charge >= 0.3 is 0 Å². The fourth-order valence-electron chi connectivity index (χ4n) is 3.58. The summed E-state index contributed by atoms with van der Waals surface area (Å²) in [7, 11) is -4.02. The third-order valence-corrected chi connectivity index (χ3v) is 7.89. The molecule has 3 aromatic carbocycles. The van der Waals surface area contributed by atoms with E-state index in [0.29, 0.717) is 33.7 Å². The van der Waals surface area contributed by atoms with Gasteiger partial charge in [0, 0.05) is 28.0 Å². The lowest BCUT2D eigenvalue weighted by molar-refractivity contribution is -0.388. The average molecular weight is 521 g/mol. The highest BCUT2D eigenvalue weighted by molar-refractivity contribution is 7.98. The molecule has 0 unspecified atom stereocenters. The van der Waals surface area contributed by atoms with Gasteiger partial charge in [0.05, 0.1) is 27.0 Å². The number of halogens is 1. The summed E-state index contributed by atoms with van der Waals surface area (Å²) in [4.78, 5) is 11.3. The summed E-state index contributed by atoms with van der Waals surface area (Å²) in [6.07, 6.45) is 0. The molecule has 1 aliphatic rings. The largest absolute Gasteiger partial charge is 0.467 e. The second kappa shape index (κ2) is 9.83. The van der Waals surface area contributed by atoms with Crippen LogP contribution in [-0.2, 0) is 27.1 Å². The molecule has 4 rings (SSSR count). The van der Waals surface area contributed by atoms with E-state index in [2.05, 4.69) is 4.72 Å². The van der Waals surface area contributed by atoms with Crippen LogP contribution in [0.1, 0.15) is 22.3 Å². The molecule has 8 nitrogen and oxygen atoms in total. The number of fused-ring (bicyclic) bond motifs is 1. The first-order valence-electron chi connectivity index (χ1n) is 10.2. The van der Waals surface area contributed by atoms with Gasteiger partial charge in [0.2, 0.25) is 0 Å². The van der Waals surface area contributed by atoms with Gasteiger partial charge in [-0.3, -0.25) is 14.8 Å². The summed E-state index contributed by atoms with van der Waals surface area (Å²) < 4.78 is 39.2. The number of nitro benzene ring substituents is 1. The lowest BCUT2D eigenvalue weighted by atomic mass is 10.1. The fraction of sp³-hybridized carbons (Fsp3) is 0.217. The SMILES string of the molecule is Cc1ccc(NS(=O)(=O)c2ccc(SCc3cc(Cl)cc4c3OCOC4)c([N+](=O)[O-])c2)c(C)c1. The second-order valence-electron chi connectivity index (χ2n) is 7.76. The van der Waals surface area contributed by atoms with E-state index in [1.165, 1.54) is 23.9 Å². The van der Waals surface area contributed by atoms with Gasteiger partial charge in [-0.1, -0.05) is 29.3 Å². The van der Waals surface area contributed by atoms with Crippen molar-refractivity contribution in [3.8, 4) is 5.75 Å². The minimum Gasteiger partial charge on any atom is -0.467 e. The Labute approximate surface area is 206 Å². The lowest BCUT2D eigenvalue weighted by Gasteiger charge is -2.21. The van der Waals surface area contributed by atoms with E-state index < -0.39 is 14.9 Å². The van der Waals surface area contributed by atoms with Gasteiger partial charge in [-0.15, -0.1) is 11.8 Å². The molecule has 1 N–H and O–H groups in total. The predicted octanol–water partition coefficient (Wildman–Crippen LogP) is 5.82. The Kier molecular flexibility index (Phi) is 7.04. The maximum absolute atomic E-state index is 12.9. The number of sulfonamides is 1. The number of nitro groups is 1. The monoisotopic (exact) mass is 520 g/mol. The van der Waals surface area contributed by atoms with Crippen molar-refractivity contribution in [2.45, 2.75) is 36.0 Å². The van der Waals surface area contributed by atoms with Crippen molar-refractivity contribution in [3.63, 3.8) is 0 Å². The van der Waals surface area contributed by atoms with Crippen LogP contribution in [0, 0.1) is 24.0 Å². The molecule has 0 aromatic heterocycles. The summed E-state index contributed by atoms with van der Waals surface area (Å²) in [5.41, 5.74) is 3.45. The molecule has 3 aromatic rings. The van der Waals surface area contributed by atoms with Gasteiger partial charge < -0.3 is 9.47 Å². The van der Waals surface area contributed by atoms with E-state index in [-0.39, 0.29) is 17.4 Å². The molecule has 0 amide bonds. The van der Waals surface area contributed by atoms with Crippen LogP contribution in [0.3, 0.4) is 0 Å². The van der Waals surface area contributed by atoms with Crippen molar-refractivity contribution < 1.29 is 22.8 Å². The standard InChI is InChI=1S/C23H21ClN2O6S2/c1-14-3-5-20(15(2)7-14)25-34(29,30)19-4-6-22(21(10-19)26(27)28)33-12-17-9-18(24)8-16-11-31-13-32-23(16)17/h3-10,25H,11-13H2,1-2H3. The maximum atomic E-state index is 12.9. The Bertz CT molecular complexity index is 1380. The number of aryl methyl sites for hydroxylation is 2. The molecule has 1 heterocycles.